The fourth-order valence-corrected chi connectivity index (χ4v) is 1.14. The molecule has 1 aromatic carbocycles. The summed E-state index contributed by atoms with van der Waals surface area (Å²) in [6, 6.07) is 6.08. The van der Waals surface area contributed by atoms with Gasteiger partial charge in [0.1, 0.15) is 0 Å². The molecule has 0 heterocycles. The second-order valence-electron chi connectivity index (χ2n) is 2.70. The van der Waals surface area contributed by atoms with Gasteiger partial charge in [0.15, 0.2) is 0 Å². The maximum atomic E-state index is 5.53. The molecule has 0 radical (unpaired) electrons. The first-order valence-corrected chi connectivity index (χ1v) is 4.01. The number of benzene rings is 1. The normalized spacial score (nSPS) is 9.92. The van der Waals surface area contributed by atoms with Crippen molar-refractivity contribution < 1.29 is 0 Å². The van der Waals surface area contributed by atoms with Gasteiger partial charge in [-0.3, -0.25) is 0 Å². The van der Waals surface area contributed by atoms with Crippen LogP contribution in [0.2, 0.25) is 0 Å². The summed E-state index contributed by atoms with van der Waals surface area (Å²) in [5.41, 5.74) is 14.4. The summed E-state index contributed by atoms with van der Waals surface area (Å²) in [7, 11) is 1.88. The summed E-state index contributed by atoms with van der Waals surface area (Å²) in [5, 5.41) is 3.07. The largest absolute Gasteiger partial charge is 0.388 e. The van der Waals surface area contributed by atoms with Crippen LogP contribution >= 0.6 is 0 Å². The van der Waals surface area contributed by atoms with Gasteiger partial charge in [0.25, 0.3) is 0 Å². The summed E-state index contributed by atoms with van der Waals surface area (Å²) in [6.45, 7) is 1.12. The second-order valence-corrected chi connectivity index (χ2v) is 2.70. The van der Waals surface area contributed by atoms with E-state index in [2.05, 4.69) is 5.32 Å². The van der Waals surface area contributed by atoms with Crippen LogP contribution in [0.1, 0.15) is 11.1 Å². The molecule has 0 atom stereocenters. The van der Waals surface area contributed by atoms with E-state index in [9.17, 15) is 0 Å². The Morgan fingerprint density at radius 2 is 1.58 bits per heavy atom. The number of hydrogen-bond donors (Lipinski definition) is 3. The van der Waals surface area contributed by atoms with Gasteiger partial charge in [0, 0.05) is 25.8 Å². The Balaban J connectivity index is 3.01. The summed E-state index contributed by atoms with van der Waals surface area (Å²) in [6.07, 6.45) is 0. The number of hydrogen-bond acceptors (Lipinski definition) is 3. The first-order chi connectivity index (χ1) is 5.80. The van der Waals surface area contributed by atoms with E-state index in [1.54, 1.807) is 0 Å². The summed E-state index contributed by atoms with van der Waals surface area (Å²) < 4.78 is 0. The van der Waals surface area contributed by atoms with Gasteiger partial charge in [-0.1, -0.05) is 6.07 Å². The van der Waals surface area contributed by atoms with Crippen molar-refractivity contribution in [2.45, 2.75) is 13.1 Å². The third-order valence-corrected chi connectivity index (χ3v) is 1.81. The highest BCUT2D eigenvalue weighted by molar-refractivity contribution is 5.48. The van der Waals surface area contributed by atoms with Gasteiger partial charge in [0.2, 0.25) is 0 Å². The smallest absolute Gasteiger partial charge is 0.0344 e. The Morgan fingerprint density at radius 1 is 1.08 bits per heavy atom. The molecular weight excluding hydrogens is 150 g/mol. The molecule has 0 spiro atoms. The molecular formula is C9H15N3. The van der Waals surface area contributed by atoms with Crippen LogP contribution < -0.4 is 16.8 Å². The zero-order valence-electron chi connectivity index (χ0n) is 7.30. The predicted molar refractivity (Wildman–Crippen MR) is 51.8 cm³/mol. The Morgan fingerprint density at radius 3 is 1.92 bits per heavy atom. The van der Waals surface area contributed by atoms with Crippen LogP contribution in [-0.4, -0.2) is 7.05 Å². The summed E-state index contributed by atoms with van der Waals surface area (Å²) in [5.74, 6) is 0. The van der Waals surface area contributed by atoms with Crippen molar-refractivity contribution in [3.8, 4) is 0 Å². The fourth-order valence-electron chi connectivity index (χ4n) is 1.14. The van der Waals surface area contributed by atoms with Gasteiger partial charge >= 0.3 is 0 Å². The fraction of sp³-hybridized carbons (Fsp3) is 0.333. The van der Waals surface area contributed by atoms with Crippen molar-refractivity contribution in [3.63, 3.8) is 0 Å². The van der Waals surface area contributed by atoms with Crippen LogP contribution in [0.4, 0.5) is 5.69 Å². The standard InChI is InChI=1S/C9H15N3/c1-12-9-3-7(5-10)2-8(4-9)6-11/h2-4,12H,5-6,10-11H2,1H3. The molecule has 0 unspecified atom stereocenters. The number of anilines is 1. The molecule has 0 bridgehead atoms. The second kappa shape index (κ2) is 4.09. The maximum Gasteiger partial charge on any atom is 0.0344 e. The Kier molecular flexibility index (Phi) is 3.08. The van der Waals surface area contributed by atoms with Crippen LogP contribution in [0.15, 0.2) is 18.2 Å². The maximum absolute atomic E-state index is 5.53. The van der Waals surface area contributed by atoms with Gasteiger partial charge in [-0.05, 0) is 23.3 Å². The zero-order valence-corrected chi connectivity index (χ0v) is 7.30. The molecule has 0 amide bonds. The molecule has 12 heavy (non-hydrogen) atoms. The van der Waals surface area contributed by atoms with Crippen LogP contribution in [0, 0.1) is 0 Å². The quantitative estimate of drug-likeness (QED) is 0.616. The van der Waals surface area contributed by atoms with Crippen LogP contribution in [-0.2, 0) is 13.1 Å². The van der Waals surface area contributed by atoms with Crippen LogP contribution in [0.5, 0.6) is 0 Å². The summed E-state index contributed by atoms with van der Waals surface area (Å²) in [4.78, 5) is 0. The van der Waals surface area contributed by atoms with Crippen molar-refractivity contribution in [1.29, 1.82) is 0 Å². The van der Waals surface area contributed by atoms with E-state index in [0.29, 0.717) is 13.1 Å². The van der Waals surface area contributed by atoms with Gasteiger partial charge in [0.05, 0.1) is 0 Å². The molecule has 0 aliphatic heterocycles. The molecule has 3 heteroatoms. The van der Waals surface area contributed by atoms with E-state index in [1.807, 2.05) is 25.2 Å². The number of nitrogens with two attached hydrogens (primary N) is 2. The molecule has 0 aliphatic carbocycles. The molecule has 0 saturated carbocycles. The topological polar surface area (TPSA) is 64.1 Å². The van der Waals surface area contributed by atoms with Gasteiger partial charge in [-0.25, -0.2) is 0 Å². The van der Waals surface area contributed by atoms with E-state index in [1.165, 1.54) is 0 Å². The lowest BCUT2D eigenvalue weighted by Gasteiger charge is -2.06. The lowest BCUT2D eigenvalue weighted by atomic mass is 10.1. The average Bonchev–Trinajstić information content (AvgIpc) is 2.16. The van der Waals surface area contributed by atoms with E-state index in [0.717, 1.165) is 16.8 Å². The molecule has 66 valence electrons. The molecule has 1 aromatic rings. The first kappa shape index (κ1) is 9.03. The molecule has 0 aromatic heterocycles. The highest BCUT2D eigenvalue weighted by Crippen LogP contribution is 2.13. The highest BCUT2D eigenvalue weighted by Gasteiger charge is 1.96. The minimum Gasteiger partial charge on any atom is -0.388 e. The molecule has 3 nitrogen and oxygen atoms in total. The first-order valence-electron chi connectivity index (χ1n) is 4.01. The van der Waals surface area contributed by atoms with E-state index in [4.69, 9.17) is 11.5 Å². The summed E-state index contributed by atoms with van der Waals surface area (Å²) >= 11 is 0. The number of nitrogens with one attached hydrogen (secondary N) is 1. The number of rotatable bonds is 3. The SMILES string of the molecule is CNc1cc(CN)cc(CN)c1. The molecule has 0 saturated heterocycles. The van der Waals surface area contributed by atoms with E-state index >= 15 is 0 Å². The predicted octanol–water partition coefficient (Wildman–Crippen LogP) is 0.646. The van der Waals surface area contributed by atoms with Gasteiger partial charge < -0.3 is 16.8 Å². The van der Waals surface area contributed by atoms with E-state index in [-0.39, 0.29) is 0 Å². The lowest BCUT2D eigenvalue weighted by Crippen LogP contribution is -2.02. The average molecular weight is 165 g/mol. The molecule has 0 fully saturated rings. The van der Waals surface area contributed by atoms with Crippen molar-refractivity contribution in [2.75, 3.05) is 12.4 Å². The lowest BCUT2D eigenvalue weighted by molar-refractivity contribution is 1.03. The molecule has 0 aliphatic rings. The minimum absolute atomic E-state index is 0.558. The van der Waals surface area contributed by atoms with Gasteiger partial charge in [-0.2, -0.15) is 0 Å². The van der Waals surface area contributed by atoms with Crippen molar-refractivity contribution in [2.24, 2.45) is 11.5 Å². The van der Waals surface area contributed by atoms with Crippen LogP contribution in [0.3, 0.4) is 0 Å². The van der Waals surface area contributed by atoms with Gasteiger partial charge in [-0.15, -0.1) is 0 Å². The molecule has 5 N–H and O–H groups in total. The Hall–Kier alpha value is -1.06. The van der Waals surface area contributed by atoms with Crippen molar-refractivity contribution in [1.82, 2.24) is 0 Å². The Bertz CT molecular complexity index is 203. The minimum atomic E-state index is 0.558. The third-order valence-electron chi connectivity index (χ3n) is 1.81. The van der Waals surface area contributed by atoms with Crippen LogP contribution in [0.25, 0.3) is 0 Å². The van der Waals surface area contributed by atoms with Crippen molar-refractivity contribution in [3.05, 3.63) is 29.3 Å². The molecule has 1 rings (SSSR count). The zero-order chi connectivity index (χ0) is 8.97. The highest BCUT2D eigenvalue weighted by atomic mass is 14.8. The van der Waals surface area contributed by atoms with Crippen molar-refractivity contribution >= 4 is 5.69 Å². The Labute approximate surface area is 72.8 Å². The monoisotopic (exact) mass is 165 g/mol. The van der Waals surface area contributed by atoms with E-state index < -0.39 is 0 Å². The third kappa shape index (κ3) is 1.96.